The van der Waals surface area contributed by atoms with E-state index >= 15 is 0 Å². The number of carbonyl (C=O) groups is 1. The van der Waals surface area contributed by atoms with Crippen molar-refractivity contribution in [2.45, 2.75) is 6.42 Å². The number of carbonyl (C=O) groups excluding carboxylic acids is 1. The van der Waals surface area contributed by atoms with Gasteiger partial charge in [0.15, 0.2) is 0 Å². The van der Waals surface area contributed by atoms with Gasteiger partial charge in [-0.15, -0.1) is 0 Å². The lowest BCUT2D eigenvalue weighted by molar-refractivity contribution is -0.116. The zero-order valence-corrected chi connectivity index (χ0v) is 17.8. The average molecular weight is 437 g/mol. The molecule has 0 atom stereocenters. The van der Waals surface area contributed by atoms with Crippen molar-refractivity contribution in [1.82, 2.24) is 19.4 Å². The fourth-order valence-corrected chi connectivity index (χ4v) is 5.04. The van der Waals surface area contributed by atoms with E-state index in [9.17, 15) is 13.2 Å². The molecule has 1 amide bonds. The molecule has 0 bridgehead atoms. The minimum atomic E-state index is -3.15. The topological polar surface area (TPSA) is 84.3 Å². The Kier molecular flexibility index (Phi) is 6.29. The number of nitrogens with one attached hydrogen (secondary N) is 1. The standard InChI is InChI=1S/C23H24N4O3S/c28-22(24-14-16-26-15-7-17-31(26,29)30)13-12-20-18-27(21-10-5-2-6-11-21)25-23(20)19-8-3-1-4-9-19/h1-6,8-13,18H,7,14-17H2,(H,24,28)/b13-12+. The number of hydrogen-bond donors (Lipinski definition) is 1. The number of amides is 1. The van der Waals surface area contributed by atoms with Gasteiger partial charge in [-0.2, -0.15) is 5.10 Å². The number of nitrogens with zero attached hydrogens (tertiary/aromatic N) is 3. The number of rotatable bonds is 7. The molecule has 1 saturated heterocycles. The predicted molar refractivity (Wildman–Crippen MR) is 121 cm³/mol. The molecule has 1 aliphatic rings. The summed E-state index contributed by atoms with van der Waals surface area (Å²) in [7, 11) is -3.15. The lowest BCUT2D eigenvalue weighted by Gasteiger charge is -2.13. The first-order valence-corrected chi connectivity index (χ1v) is 11.8. The van der Waals surface area contributed by atoms with Crippen LogP contribution in [-0.4, -0.2) is 53.8 Å². The molecule has 31 heavy (non-hydrogen) atoms. The van der Waals surface area contributed by atoms with Crippen LogP contribution in [0.4, 0.5) is 0 Å². The van der Waals surface area contributed by atoms with Crippen molar-refractivity contribution < 1.29 is 13.2 Å². The van der Waals surface area contributed by atoms with Crippen molar-refractivity contribution >= 4 is 22.0 Å². The molecule has 1 fully saturated rings. The number of aromatic nitrogens is 2. The molecule has 7 nitrogen and oxygen atoms in total. The second-order valence-electron chi connectivity index (χ2n) is 7.27. The Morgan fingerprint density at radius 1 is 1.06 bits per heavy atom. The molecule has 0 spiro atoms. The first-order chi connectivity index (χ1) is 15.0. The van der Waals surface area contributed by atoms with E-state index in [1.54, 1.807) is 10.8 Å². The first-order valence-electron chi connectivity index (χ1n) is 10.2. The van der Waals surface area contributed by atoms with Crippen molar-refractivity contribution in [3.8, 4) is 16.9 Å². The third kappa shape index (κ3) is 5.10. The maximum absolute atomic E-state index is 12.3. The van der Waals surface area contributed by atoms with Gasteiger partial charge in [-0.05, 0) is 24.6 Å². The van der Waals surface area contributed by atoms with E-state index in [-0.39, 0.29) is 18.2 Å². The van der Waals surface area contributed by atoms with Crippen LogP contribution in [0.25, 0.3) is 23.0 Å². The fourth-order valence-electron chi connectivity index (χ4n) is 3.51. The molecule has 2 aromatic carbocycles. The van der Waals surface area contributed by atoms with Gasteiger partial charge in [0.2, 0.25) is 15.9 Å². The molecule has 0 saturated carbocycles. The Morgan fingerprint density at radius 3 is 2.45 bits per heavy atom. The lowest BCUT2D eigenvalue weighted by atomic mass is 10.1. The van der Waals surface area contributed by atoms with Gasteiger partial charge in [0.1, 0.15) is 0 Å². The highest BCUT2D eigenvalue weighted by Crippen LogP contribution is 2.24. The summed E-state index contributed by atoms with van der Waals surface area (Å²) in [6.45, 7) is 1.09. The molecular weight excluding hydrogens is 412 g/mol. The Hall–Kier alpha value is -3.23. The van der Waals surface area contributed by atoms with Gasteiger partial charge < -0.3 is 5.32 Å². The van der Waals surface area contributed by atoms with Crippen molar-refractivity contribution in [3.63, 3.8) is 0 Å². The van der Waals surface area contributed by atoms with Gasteiger partial charge in [0.25, 0.3) is 0 Å². The van der Waals surface area contributed by atoms with Gasteiger partial charge in [-0.25, -0.2) is 17.4 Å². The van der Waals surface area contributed by atoms with E-state index in [0.717, 1.165) is 22.5 Å². The smallest absolute Gasteiger partial charge is 0.244 e. The quantitative estimate of drug-likeness (QED) is 0.577. The highest BCUT2D eigenvalue weighted by molar-refractivity contribution is 7.89. The van der Waals surface area contributed by atoms with E-state index < -0.39 is 10.0 Å². The van der Waals surface area contributed by atoms with Crippen LogP contribution in [0.3, 0.4) is 0 Å². The van der Waals surface area contributed by atoms with Crippen LogP contribution in [0.5, 0.6) is 0 Å². The third-order valence-electron chi connectivity index (χ3n) is 5.09. The molecule has 0 radical (unpaired) electrons. The summed E-state index contributed by atoms with van der Waals surface area (Å²) < 4.78 is 26.9. The molecule has 2 heterocycles. The number of sulfonamides is 1. The molecule has 1 aromatic heterocycles. The SMILES string of the molecule is O=C(/C=C/c1cn(-c2ccccc2)nc1-c1ccccc1)NCCN1CCCS1(=O)=O. The molecule has 3 aromatic rings. The second kappa shape index (κ2) is 9.28. The van der Waals surface area contributed by atoms with Crippen LogP contribution in [0, 0.1) is 0 Å². The van der Waals surface area contributed by atoms with Gasteiger partial charge in [-0.3, -0.25) is 4.79 Å². The highest BCUT2D eigenvalue weighted by atomic mass is 32.2. The summed E-state index contributed by atoms with van der Waals surface area (Å²) in [6.07, 6.45) is 5.72. The maximum Gasteiger partial charge on any atom is 0.244 e. The molecule has 0 unspecified atom stereocenters. The first kappa shape index (κ1) is 21.0. The Balaban J connectivity index is 1.48. The minimum absolute atomic E-state index is 0.189. The Morgan fingerprint density at radius 2 is 1.77 bits per heavy atom. The average Bonchev–Trinajstić information content (AvgIpc) is 3.36. The van der Waals surface area contributed by atoms with Gasteiger partial charge in [0, 0.05) is 43.0 Å². The summed E-state index contributed by atoms with van der Waals surface area (Å²) >= 11 is 0. The molecule has 0 aliphatic carbocycles. The highest BCUT2D eigenvalue weighted by Gasteiger charge is 2.27. The lowest BCUT2D eigenvalue weighted by Crippen LogP contribution is -2.35. The minimum Gasteiger partial charge on any atom is -0.351 e. The maximum atomic E-state index is 12.3. The molecular formula is C23H24N4O3S. The monoisotopic (exact) mass is 436 g/mol. The molecule has 4 rings (SSSR count). The van der Waals surface area contributed by atoms with Gasteiger partial charge >= 0.3 is 0 Å². The normalized spacial score (nSPS) is 16.0. The van der Waals surface area contributed by atoms with Crippen LogP contribution in [0.15, 0.2) is 72.9 Å². The molecule has 1 aliphatic heterocycles. The zero-order valence-electron chi connectivity index (χ0n) is 17.0. The van der Waals surface area contributed by atoms with Gasteiger partial charge in [-0.1, -0.05) is 48.5 Å². The van der Waals surface area contributed by atoms with Crippen LogP contribution in [0.2, 0.25) is 0 Å². The van der Waals surface area contributed by atoms with E-state index in [4.69, 9.17) is 5.10 Å². The van der Waals surface area contributed by atoms with Crippen molar-refractivity contribution in [3.05, 3.63) is 78.5 Å². The fraction of sp³-hybridized carbons (Fsp3) is 0.217. The number of benzene rings is 2. The van der Waals surface area contributed by atoms with Crippen LogP contribution < -0.4 is 5.32 Å². The summed E-state index contributed by atoms with van der Waals surface area (Å²) in [5.74, 6) is -0.0859. The predicted octanol–water partition coefficient (Wildman–Crippen LogP) is 2.70. The molecule has 8 heteroatoms. The number of para-hydroxylation sites is 1. The van der Waals surface area contributed by atoms with E-state index in [2.05, 4.69) is 5.32 Å². The molecule has 1 N–H and O–H groups in total. The van der Waals surface area contributed by atoms with E-state index in [1.165, 1.54) is 10.4 Å². The van der Waals surface area contributed by atoms with Crippen LogP contribution >= 0.6 is 0 Å². The summed E-state index contributed by atoms with van der Waals surface area (Å²) in [5.41, 5.74) is 3.47. The zero-order chi connectivity index (χ0) is 21.7. The summed E-state index contributed by atoms with van der Waals surface area (Å²) in [6, 6.07) is 19.6. The third-order valence-corrected chi connectivity index (χ3v) is 7.04. The Bertz CT molecular complexity index is 1170. The largest absolute Gasteiger partial charge is 0.351 e. The van der Waals surface area contributed by atoms with Crippen molar-refractivity contribution in [2.24, 2.45) is 0 Å². The summed E-state index contributed by atoms with van der Waals surface area (Å²) in [4.78, 5) is 12.3. The van der Waals surface area contributed by atoms with Crippen LogP contribution in [-0.2, 0) is 14.8 Å². The van der Waals surface area contributed by atoms with Gasteiger partial charge in [0.05, 0.1) is 17.1 Å². The van der Waals surface area contributed by atoms with Crippen molar-refractivity contribution in [1.29, 1.82) is 0 Å². The van der Waals surface area contributed by atoms with E-state index in [0.29, 0.717) is 19.5 Å². The summed E-state index contributed by atoms with van der Waals surface area (Å²) in [5, 5.41) is 7.48. The van der Waals surface area contributed by atoms with E-state index in [1.807, 2.05) is 66.9 Å². The molecule has 160 valence electrons. The van der Waals surface area contributed by atoms with Crippen molar-refractivity contribution in [2.75, 3.05) is 25.4 Å². The Labute approximate surface area is 182 Å². The number of hydrogen-bond acceptors (Lipinski definition) is 4. The van der Waals surface area contributed by atoms with Crippen LogP contribution in [0.1, 0.15) is 12.0 Å². The second-order valence-corrected chi connectivity index (χ2v) is 9.36.